The Balaban J connectivity index is 1.63. The Morgan fingerprint density at radius 2 is 1.85 bits per heavy atom. The molecule has 0 unspecified atom stereocenters. The van der Waals surface area contributed by atoms with E-state index in [-0.39, 0.29) is 0 Å². The first-order chi connectivity index (χ1) is 12.7. The molecule has 0 fully saturated rings. The van der Waals surface area contributed by atoms with E-state index in [0.717, 1.165) is 11.3 Å². The van der Waals surface area contributed by atoms with E-state index in [9.17, 15) is 0 Å². The summed E-state index contributed by atoms with van der Waals surface area (Å²) in [7, 11) is 1.64. The standard InChI is InChI=1S/C20H21N3O2S/c1-13-14(2)26-18-11-7-5-9-16(18)23(13)12-19-21-22-20(25-19)15-8-4-6-10-17(15)24-3/h4-11,13-14H,12H2,1-3H3/t13-,14-/m0/s1. The molecule has 0 spiro atoms. The van der Waals surface area contributed by atoms with Gasteiger partial charge in [0.1, 0.15) is 5.75 Å². The zero-order valence-electron chi connectivity index (χ0n) is 15.0. The molecule has 26 heavy (non-hydrogen) atoms. The lowest BCUT2D eigenvalue weighted by Gasteiger charge is -2.39. The van der Waals surface area contributed by atoms with Gasteiger partial charge in [0.2, 0.25) is 5.89 Å². The molecule has 0 aliphatic carbocycles. The number of ether oxygens (including phenoxy) is 1. The molecule has 3 aromatic rings. The van der Waals surface area contributed by atoms with Gasteiger partial charge in [-0.15, -0.1) is 22.0 Å². The van der Waals surface area contributed by atoms with Gasteiger partial charge in [0.05, 0.1) is 24.9 Å². The highest BCUT2D eigenvalue weighted by Gasteiger charge is 2.30. The van der Waals surface area contributed by atoms with E-state index < -0.39 is 0 Å². The molecule has 4 rings (SSSR count). The molecule has 0 saturated heterocycles. The van der Waals surface area contributed by atoms with Crippen LogP contribution in [0.3, 0.4) is 0 Å². The van der Waals surface area contributed by atoms with E-state index in [1.807, 2.05) is 36.0 Å². The topological polar surface area (TPSA) is 51.4 Å². The van der Waals surface area contributed by atoms with E-state index in [4.69, 9.17) is 9.15 Å². The summed E-state index contributed by atoms with van der Waals surface area (Å²) in [5.74, 6) is 1.81. The van der Waals surface area contributed by atoms with Crippen LogP contribution in [0.1, 0.15) is 19.7 Å². The molecule has 0 saturated carbocycles. The Labute approximate surface area is 157 Å². The number of para-hydroxylation sites is 2. The van der Waals surface area contributed by atoms with Crippen molar-refractivity contribution >= 4 is 17.4 Å². The van der Waals surface area contributed by atoms with Crippen LogP contribution in [0.25, 0.3) is 11.5 Å². The van der Waals surface area contributed by atoms with Gasteiger partial charge in [-0.3, -0.25) is 0 Å². The molecule has 134 valence electrons. The molecule has 0 amide bonds. The third-order valence-corrected chi connectivity index (χ3v) is 6.13. The number of hydrogen-bond donors (Lipinski definition) is 0. The van der Waals surface area contributed by atoms with Gasteiger partial charge in [0.25, 0.3) is 5.89 Å². The molecular formula is C20H21N3O2S. The SMILES string of the molecule is COc1ccccc1-c1nnc(CN2c3ccccc3S[C@@H](C)[C@@H]2C)o1. The predicted molar refractivity (Wildman–Crippen MR) is 104 cm³/mol. The van der Waals surface area contributed by atoms with Crippen LogP contribution in [0.4, 0.5) is 5.69 Å². The van der Waals surface area contributed by atoms with Gasteiger partial charge in [0, 0.05) is 16.2 Å². The van der Waals surface area contributed by atoms with Crippen molar-refractivity contribution in [2.45, 2.75) is 36.6 Å². The number of anilines is 1. The summed E-state index contributed by atoms with van der Waals surface area (Å²) in [5, 5.41) is 8.99. The van der Waals surface area contributed by atoms with E-state index in [2.05, 4.69) is 53.2 Å². The minimum Gasteiger partial charge on any atom is -0.496 e. The Kier molecular flexibility index (Phi) is 4.59. The summed E-state index contributed by atoms with van der Waals surface area (Å²) in [4.78, 5) is 3.64. The van der Waals surface area contributed by atoms with Gasteiger partial charge in [-0.2, -0.15) is 0 Å². The number of benzene rings is 2. The fraction of sp³-hybridized carbons (Fsp3) is 0.300. The summed E-state index contributed by atoms with van der Waals surface area (Å²) < 4.78 is 11.4. The fourth-order valence-electron chi connectivity index (χ4n) is 3.19. The van der Waals surface area contributed by atoms with Crippen LogP contribution in [0, 0.1) is 0 Å². The second kappa shape index (κ2) is 7.03. The molecule has 2 atom stereocenters. The molecule has 1 aliphatic heterocycles. The molecule has 1 aliphatic rings. The number of methoxy groups -OCH3 is 1. The second-order valence-corrected chi connectivity index (χ2v) is 7.78. The molecule has 6 heteroatoms. The fourth-order valence-corrected chi connectivity index (χ4v) is 4.40. The van der Waals surface area contributed by atoms with Gasteiger partial charge >= 0.3 is 0 Å². The maximum absolute atomic E-state index is 5.96. The number of rotatable bonds is 4. The Hall–Kier alpha value is -2.47. The zero-order chi connectivity index (χ0) is 18.1. The molecule has 1 aromatic heterocycles. The van der Waals surface area contributed by atoms with Crippen LogP contribution in [0.15, 0.2) is 57.8 Å². The molecule has 0 radical (unpaired) electrons. The van der Waals surface area contributed by atoms with Gasteiger partial charge in [-0.1, -0.05) is 31.2 Å². The van der Waals surface area contributed by atoms with Crippen molar-refractivity contribution in [3.63, 3.8) is 0 Å². The van der Waals surface area contributed by atoms with Crippen LogP contribution < -0.4 is 9.64 Å². The Bertz CT molecular complexity index is 911. The minimum absolute atomic E-state index is 0.372. The lowest BCUT2D eigenvalue weighted by molar-refractivity contribution is 0.413. The van der Waals surface area contributed by atoms with Crippen molar-refractivity contribution < 1.29 is 9.15 Å². The van der Waals surface area contributed by atoms with Crippen molar-refractivity contribution in [1.29, 1.82) is 0 Å². The highest BCUT2D eigenvalue weighted by molar-refractivity contribution is 8.00. The zero-order valence-corrected chi connectivity index (χ0v) is 15.9. The molecule has 2 aromatic carbocycles. The van der Waals surface area contributed by atoms with Crippen LogP contribution in [-0.4, -0.2) is 28.6 Å². The van der Waals surface area contributed by atoms with Crippen molar-refractivity contribution in [3.8, 4) is 17.2 Å². The minimum atomic E-state index is 0.372. The summed E-state index contributed by atoms with van der Waals surface area (Å²) in [5.41, 5.74) is 2.03. The highest BCUT2D eigenvalue weighted by Crippen LogP contribution is 2.42. The molecule has 5 nitrogen and oxygen atoms in total. The smallest absolute Gasteiger partial charge is 0.251 e. The number of hydrogen-bond acceptors (Lipinski definition) is 6. The molecular weight excluding hydrogens is 346 g/mol. The number of fused-ring (bicyclic) bond motifs is 1. The van der Waals surface area contributed by atoms with E-state index >= 15 is 0 Å². The maximum Gasteiger partial charge on any atom is 0.251 e. The van der Waals surface area contributed by atoms with E-state index in [1.165, 1.54) is 10.6 Å². The quantitative estimate of drug-likeness (QED) is 0.670. The van der Waals surface area contributed by atoms with Gasteiger partial charge < -0.3 is 14.1 Å². The Morgan fingerprint density at radius 3 is 2.69 bits per heavy atom. The number of aromatic nitrogens is 2. The van der Waals surface area contributed by atoms with Gasteiger partial charge in [-0.25, -0.2) is 0 Å². The first kappa shape index (κ1) is 17.0. The van der Waals surface area contributed by atoms with Crippen LogP contribution >= 0.6 is 11.8 Å². The molecule has 0 N–H and O–H groups in total. The van der Waals surface area contributed by atoms with E-state index in [0.29, 0.717) is 29.6 Å². The summed E-state index contributed by atoms with van der Waals surface area (Å²) in [6, 6.07) is 16.5. The van der Waals surface area contributed by atoms with E-state index in [1.54, 1.807) is 7.11 Å². The first-order valence-electron chi connectivity index (χ1n) is 8.65. The maximum atomic E-state index is 5.96. The third-order valence-electron chi connectivity index (χ3n) is 4.77. The van der Waals surface area contributed by atoms with Gasteiger partial charge in [-0.05, 0) is 31.2 Å². The molecule has 0 bridgehead atoms. The van der Waals surface area contributed by atoms with Crippen molar-refractivity contribution in [1.82, 2.24) is 10.2 Å². The average molecular weight is 367 g/mol. The van der Waals surface area contributed by atoms with Gasteiger partial charge in [0.15, 0.2) is 0 Å². The third kappa shape index (κ3) is 3.05. The second-order valence-electron chi connectivity index (χ2n) is 6.36. The van der Waals surface area contributed by atoms with Crippen LogP contribution in [0.2, 0.25) is 0 Å². The highest BCUT2D eigenvalue weighted by atomic mass is 32.2. The average Bonchev–Trinajstić information content (AvgIpc) is 3.14. The van der Waals surface area contributed by atoms with Crippen molar-refractivity contribution in [2.75, 3.05) is 12.0 Å². The Morgan fingerprint density at radius 1 is 1.08 bits per heavy atom. The first-order valence-corrected chi connectivity index (χ1v) is 9.53. The number of nitrogens with zero attached hydrogens (tertiary/aromatic N) is 3. The monoisotopic (exact) mass is 367 g/mol. The lowest BCUT2D eigenvalue weighted by atomic mass is 10.1. The number of thioether (sulfide) groups is 1. The predicted octanol–water partition coefficient (Wildman–Crippen LogP) is 4.63. The molecule has 2 heterocycles. The van der Waals surface area contributed by atoms with Crippen LogP contribution in [-0.2, 0) is 6.54 Å². The normalized spacial score (nSPS) is 19.3. The van der Waals surface area contributed by atoms with Crippen molar-refractivity contribution in [2.24, 2.45) is 0 Å². The van der Waals surface area contributed by atoms with Crippen LogP contribution in [0.5, 0.6) is 5.75 Å². The summed E-state index contributed by atoms with van der Waals surface area (Å²) >= 11 is 1.92. The summed E-state index contributed by atoms with van der Waals surface area (Å²) in [6.07, 6.45) is 0. The largest absolute Gasteiger partial charge is 0.496 e. The summed E-state index contributed by atoms with van der Waals surface area (Å²) in [6.45, 7) is 5.09. The lowest BCUT2D eigenvalue weighted by Crippen LogP contribution is -2.41. The van der Waals surface area contributed by atoms with Crippen molar-refractivity contribution in [3.05, 3.63) is 54.4 Å².